The van der Waals surface area contributed by atoms with E-state index in [2.05, 4.69) is 11.6 Å². The van der Waals surface area contributed by atoms with Gasteiger partial charge in [0.1, 0.15) is 4.75 Å². The molecule has 1 spiro atoms. The minimum absolute atomic E-state index is 0.117. The van der Waals surface area contributed by atoms with E-state index in [1.807, 2.05) is 20.8 Å². The Bertz CT molecular complexity index is 389. The molecule has 0 aromatic heterocycles. The standard InChI is InChI=1S/C15H28N2O3S/c1-11-9-12(16-21(20)14(2,3)4)15(10-11)5-7-17(8-6-15)13(18)19/h11-12,16H,5-10H2,1-4H3,(H,18,19)/t11-,12+,21+/m0/s1. The number of carboxylic acid groups (broad SMARTS) is 1. The molecule has 0 aromatic rings. The lowest BCUT2D eigenvalue weighted by Gasteiger charge is -2.43. The molecule has 2 N–H and O–H groups in total. The van der Waals surface area contributed by atoms with Crippen molar-refractivity contribution in [3.05, 3.63) is 0 Å². The Hall–Kier alpha value is -0.460. The van der Waals surface area contributed by atoms with Gasteiger partial charge in [0.2, 0.25) is 0 Å². The van der Waals surface area contributed by atoms with Gasteiger partial charge in [-0.2, -0.15) is 0 Å². The number of likely N-dealkylation sites (tertiary alicyclic amines) is 1. The number of nitrogens with zero attached hydrogens (tertiary/aromatic N) is 1. The highest BCUT2D eigenvalue weighted by Gasteiger charge is 2.50. The molecular weight excluding hydrogens is 288 g/mol. The average molecular weight is 316 g/mol. The quantitative estimate of drug-likeness (QED) is 0.768. The monoisotopic (exact) mass is 316 g/mol. The summed E-state index contributed by atoms with van der Waals surface area (Å²) < 4.78 is 15.5. The maximum Gasteiger partial charge on any atom is 0.407 e. The summed E-state index contributed by atoms with van der Waals surface area (Å²) >= 11 is -1.07. The molecule has 0 unspecified atom stereocenters. The molecule has 122 valence electrons. The average Bonchev–Trinajstić information content (AvgIpc) is 2.64. The van der Waals surface area contributed by atoms with Crippen LogP contribution in [-0.4, -0.2) is 44.5 Å². The number of rotatable bonds is 2. The summed E-state index contributed by atoms with van der Waals surface area (Å²) in [5.41, 5.74) is 0.117. The maximum atomic E-state index is 12.4. The fraction of sp³-hybridized carbons (Fsp3) is 0.933. The Balaban J connectivity index is 2.05. The second-order valence-electron chi connectivity index (χ2n) is 7.73. The zero-order valence-electron chi connectivity index (χ0n) is 13.5. The first kappa shape index (κ1) is 16.9. The molecule has 1 saturated heterocycles. The first-order valence-electron chi connectivity index (χ1n) is 7.80. The van der Waals surface area contributed by atoms with E-state index in [4.69, 9.17) is 5.11 Å². The molecule has 2 aliphatic rings. The van der Waals surface area contributed by atoms with Crippen molar-refractivity contribution in [2.75, 3.05) is 13.1 Å². The third-order valence-corrected chi connectivity index (χ3v) is 6.58. The molecule has 2 rings (SSSR count). The lowest BCUT2D eigenvalue weighted by atomic mass is 9.74. The highest BCUT2D eigenvalue weighted by molar-refractivity contribution is 7.90. The van der Waals surface area contributed by atoms with E-state index < -0.39 is 17.5 Å². The van der Waals surface area contributed by atoms with Crippen molar-refractivity contribution in [3.63, 3.8) is 0 Å². The van der Waals surface area contributed by atoms with Gasteiger partial charge >= 0.3 is 6.09 Å². The Kier molecular flexibility index (Phi) is 4.81. The highest BCUT2D eigenvalue weighted by Crippen LogP contribution is 2.49. The summed E-state index contributed by atoms with van der Waals surface area (Å²) in [6.45, 7) is 9.38. The highest BCUT2D eigenvalue weighted by atomic mass is 32.2. The van der Waals surface area contributed by atoms with Crippen LogP contribution in [0.5, 0.6) is 0 Å². The molecule has 1 amide bonds. The normalized spacial score (nSPS) is 30.6. The van der Waals surface area contributed by atoms with Gasteiger partial charge in [-0.3, -0.25) is 0 Å². The molecule has 0 radical (unpaired) electrons. The summed E-state index contributed by atoms with van der Waals surface area (Å²) in [6.07, 6.45) is 3.08. The molecule has 1 saturated carbocycles. The second kappa shape index (κ2) is 5.97. The summed E-state index contributed by atoms with van der Waals surface area (Å²) in [4.78, 5) is 12.6. The second-order valence-corrected chi connectivity index (χ2v) is 9.73. The Morgan fingerprint density at radius 3 is 2.43 bits per heavy atom. The van der Waals surface area contributed by atoms with Crippen molar-refractivity contribution in [1.29, 1.82) is 0 Å². The van der Waals surface area contributed by atoms with E-state index in [1.165, 1.54) is 4.90 Å². The van der Waals surface area contributed by atoms with E-state index in [9.17, 15) is 9.35 Å². The Morgan fingerprint density at radius 2 is 1.95 bits per heavy atom. The Labute approximate surface area is 130 Å². The molecule has 1 heterocycles. The SMILES string of the molecule is C[C@H]1C[C@@H](N[S@+]([O-])C(C)(C)C)C2(CCN(C(=O)O)CC2)C1. The van der Waals surface area contributed by atoms with Gasteiger partial charge in [0, 0.05) is 24.5 Å². The van der Waals surface area contributed by atoms with Gasteiger partial charge in [0.05, 0.1) is 6.04 Å². The third-order valence-electron chi connectivity index (χ3n) is 4.97. The van der Waals surface area contributed by atoms with Gasteiger partial charge in [0.25, 0.3) is 0 Å². The van der Waals surface area contributed by atoms with Gasteiger partial charge in [0.15, 0.2) is 0 Å². The van der Waals surface area contributed by atoms with Crippen LogP contribution in [0.2, 0.25) is 0 Å². The van der Waals surface area contributed by atoms with E-state index in [0.29, 0.717) is 19.0 Å². The lowest BCUT2D eigenvalue weighted by Crippen LogP contribution is -2.53. The van der Waals surface area contributed by atoms with Gasteiger partial charge in [-0.15, -0.1) is 4.72 Å². The van der Waals surface area contributed by atoms with Crippen LogP contribution in [0, 0.1) is 11.3 Å². The van der Waals surface area contributed by atoms with Crippen LogP contribution in [0.3, 0.4) is 0 Å². The molecule has 1 aliphatic carbocycles. The fourth-order valence-corrected chi connectivity index (χ4v) is 4.71. The van der Waals surface area contributed by atoms with E-state index in [-0.39, 0.29) is 16.2 Å². The van der Waals surface area contributed by atoms with E-state index in [1.54, 1.807) is 0 Å². The zero-order valence-corrected chi connectivity index (χ0v) is 14.3. The van der Waals surface area contributed by atoms with E-state index in [0.717, 1.165) is 25.7 Å². The molecule has 21 heavy (non-hydrogen) atoms. The van der Waals surface area contributed by atoms with Crippen LogP contribution in [0.4, 0.5) is 4.79 Å². The smallest absolute Gasteiger partial charge is 0.407 e. The van der Waals surface area contributed by atoms with Crippen LogP contribution in [-0.2, 0) is 11.4 Å². The summed E-state index contributed by atoms with van der Waals surface area (Å²) in [5.74, 6) is 0.607. The summed E-state index contributed by atoms with van der Waals surface area (Å²) in [7, 11) is 0. The molecule has 6 heteroatoms. The van der Waals surface area contributed by atoms with Crippen molar-refractivity contribution < 1.29 is 14.5 Å². The predicted octanol–water partition coefficient (Wildman–Crippen LogP) is 2.60. The molecule has 0 aromatic carbocycles. The van der Waals surface area contributed by atoms with Crippen LogP contribution in [0.15, 0.2) is 0 Å². The van der Waals surface area contributed by atoms with Gasteiger partial charge in [-0.25, -0.2) is 4.79 Å². The molecule has 1 aliphatic heterocycles. The minimum atomic E-state index is -1.07. The molecular formula is C15H28N2O3S. The lowest BCUT2D eigenvalue weighted by molar-refractivity contribution is 0.0792. The zero-order chi connectivity index (χ0) is 15.8. The number of amides is 1. The molecule has 0 bridgehead atoms. The van der Waals surface area contributed by atoms with Gasteiger partial charge in [-0.05, 0) is 57.8 Å². The minimum Gasteiger partial charge on any atom is -0.598 e. The first-order chi connectivity index (χ1) is 9.64. The number of piperidine rings is 1. The number of hydrogen-bond acceptors (Lipinski definition) is 3. The molecule has 3 atom stereocenters. The third kappa shape index (κ3) is 3.66. The van der Waals surface area contributed by atoms with Crippen LogP contribution in [0.25, 0.3) is 0 Å². The van der Waals surface area contributed by atoms with Crippen LogP contribution in [0.1, 0.15) is 53.4 Å². The molecule has 2 fully saturated rings. The van der Waals surface area contributed by atoms with Crippen molar-refractivity contribution in [1.82, 2.24) is 9.62 Å². The topological polar surface area (TPSA) is 75.6 Å². The van der Waals surface area contributed by atoms with E-state index >= 15 is 0 Å². The van der Waals surface area contributed by atoms with Crippen molar-refractivity contribution >= 4 is 17.5 Å². The maximum absolute atomic E-state index is 12.4. The fourth-order valence-electron chi connectivity index (χ4n) is 3.75. The van der Waals surface area contributed by atoms with Crippen LogP contribution < -0.4 is 4.72 Å². The Morgan fingerprint density at radius 1 is 1.38 bits per heavy atom. The number of nitrogens with one attached hydrogen (secondary N) is 1. The van der Waals surface area contributed by atoms with Gasteiger partial charge < -0.3 is 14.6 Å². The predicted molar refractivity (Wildman–Crippen MR) is 84.5 cm³/mol. The van der Waals surface area contributed by atoms with Crippen molar-refractivity contribution in [3.8, 4) is 0 Å². The number of hydrogen-bond donors (Lipinski definition) is 2. The molecule has 5 nitrogen and oxygen atoms in total. The largest absolute Gasteiger partial charge is 0.598 e. The summed E-state index contributed by atoms with van der Waals surface area (Å²) in [5, 5.41) is 9.10. The van der Waals surface area contributed by atoms with Gasteiger partial charge in [-0.1, -0.05) is 6.92 Å². The van der Waals surface area contributed by atoms with Crippen molar-refractivity contribution in [2.24, 2.45) is 11.3 Å². The summed E-state index contributed by atoms with van der Waals surface area (Å²) in [6, 6.07) is 0.239. The van der Waals surface area contributed by atoms with Crippen molar-refractivity contribution in [2.45, 2.75) is 64.2 Å². The first-order valence-corrected chi connectivity index (χ1v) is 8.95. The van der Waals surface area contributed by atoms with Crippen LogP contribution >= 0.6 is 0 Å². The number of carbonyl (C=O) groups is 1.